The number of hydrogen-bond acceptors (Lipinski definition) is 3. The zero-order valence-corrected chi connectivity index (χ0v) is 8.60. The monoisotopic (exact) mass is 257 g/mol. The first-order chi connectivity index (χ1) is 4.81. The zero-order valence-electron chi connectivity index (χ0n) is 6.44. The van der Waals surface area contributed by atoms with E-state index in [0.717, 1.165) is 13.1 Å². The lowest BCUT2D eigenvalue weighted by Crippen LogP contribution is -2.33. The maximum atomic E-state index is 5.13. The van der Waals surface area contributed by atoms with Crippen LogP contribution in [0.2, 0.25) is 0 Å². The number of rotatable bonds is 6. The lowest BCUT2D eigenvalue weighted by Gasteiger charge is -2.14. The number of halogens is 1. The molecule has 0 fully saturated rings. The third-order valence-corrected chi connectivity index (χ3v) is 2.07. The molecule has 0 aromatic carbocycles. The summed E-state index contributed by atoms with van der Waals surface area (Å²) in [5.41, 5.74) is 2.63. The minimum absolute atomic E-state index is 0.873. The molecule has 0 saturated carbocycles. The minimum Gasteiger partial charge on any atom is -0.305 e. The Morgan fingerprint density at radius 2 is 2.20 bits per heavy atom. The van der Waals surface area contributed by atoms with Crippen molar-refractivity contribution in [3.05, 3.63) is 0 Å². The van der Waals surface area contributed by atoms with Crippen LogP contribution in [0.25, 0.3) is 0 Å². The van der Waals surface area contributed by atoms with Crippen molar-refractivity contribution in [1.82, 2.24) is 10.3 Å². The van der Waals surface area contributed by atoms with E-state index in [-0.39, 0.29) is 0 Å². The maximum Gasteiger partial charge on any atom is 0.0225 e. The molecule has 0 atom stereocenters. The van der Waals surface area contributed by atoms with E-state index in [2.05, 4.69) is 40.0 Å². The number of alkyl halides is 1. The van der Waals surface area contributed by atoms with Gasteiger partial charge in [-0.3, -0.25) is 11.3 Å². The van der Waals surface area contributed by atoms with Crippen LogP contribution in [0, 0.1) is 0 Å². The standard InChI is InChI=1S/C6H16IN3/c1-10(5-2-3-7)6-4-9-8/h9H,2-6,8H2,1H3. The van der Waals surface area contributed by atoms with Gasteiger partial charge in [-0.15, -0.1) is 0 Å². The van der Waals surface area contributed by atoms with E-state index in [1.807, 2.05) is 0 Å². The van der Waals surface area contributed by atoms with Crippen molar-refractivity contribution in [3.63, 3.8) is 0 Å². The molecule has 0 heterocycles. The van der Waals surface area contributed by atoms with Gasteiger partial charge < -0.3 is 4.90 Å². The first-order valence-corrected chi connectivity index (χ1v) is 5.01. The Hall–Kier alpha value is 0.610. The Balaban J connectivity index is 3.00. The van der Waals surface area contributed by atoms with Crippen LogP contribution >= 0.6 is 22.6 Å². The van der Waals surface area contributed by atoms with Crippen molar-refractivity contribution in [1.29, 1.82) is 0 Å². The summed E-state index contributed by atoms with van der Waals surface area (Å²) in [7, 11) is 2.11. The number of hydrazine groups is 1. The van der Waals surface area contributed by atoms with Gasteiger partial charge in [-0.05, 0) is 20.0 Å². The Kier molecular flexibility index (Phi) is 8.18. The van der Waals surface area contributed by atoms with Gasteiger partial charge in [0.05, 0.1) is 0 Å². The number of nitrogens with zero attached hydrogens (tertiary/aromatic N) is 1. The Morgan fingerprint density at radius 1 is 1.50 bits per heavy atom. The topological polar surface area (TPSA) is 41.3 Å². The summed E-state index contributed by atoms with van der Waals surface area (Å²) in [6.07, 6.45) is 1.27. The zero-order chi connectivity index (χ0) is 7.82. The summed E-state index contributed by atoms with van der Waals surface area (Å²) in [6, 6.07) is 0. The van der Waals surface area contributed by atoms with Gasteiger partial charge in [0, 0.05) is 17.5 Å². The SMILES string of the molecule is CN(CCCI)CCNN. The number of nitrogens with two attached hydrogens (primary N) is 1. The molecule has 0 saturated heterocycles. The summed E-state index contributed by atoms with van der Waals surface area (Å²) in [5.74, 6) is 5.13. The molecule has 62 valence electrons. The van der Waals surface area contributed by atoms with Gasteiger partial charge in [0.25, 0.3) is 0 Å². The van der Waals surface area contributed by atoms with Crippen molar-refractivity contribution in [2.24, 2.45) is 5.84 Å². The van der Waals surface area contributed by atoms with Crippen molar-refractivity contribution in [3.8, 4) is 0 Å². The third-order valence-electron chi connectivity index (χ3n) is 1.31. The molecule has 0 aliphatic heterocycles. The van der Waals surface area contributed by atoms with E-state index in [1.165, 1.54) is 17.4 Å². The van der Waals surface area contributed by atoms with Crippen LogP contribution in [0.5, 0.6) is 0 Å². The van der Waals surface area contributed by atoms with Crippen LogP contribution in [0.15, 0.2) is 0 Å². The summed E-state index contributed by atoms with van der Waals surface area (Å²) in [4.78, 5) is 2.28. The van der Waals surface area contributed by atoms with E-state index in [9.17, 15) is 0 Å². The highest BCUT2D eigenvalue weighted by Gasteiger charge is 1.94. The average molecular weight is 257 g/mol. The number of likely N-dealkylation sites (N-methyl/N-ethyl adjacent to an activating group) is 1. The summed E-state index contributed by atoms with van der Waals surface area (Å²) < 4.78 is 1.23. The lowest BCUT2D eigenvalue weighted by atomic mass is 10.4. The fourth-order valence-electron chi connectivity index (χ4n) is 0.697. The molecule has 3 nitrogen and oxygen atoms in total. The van der Waals surface area contributed by atoms with Crippen LogP contribution in [-0.2, 0) is 0 Å². The van der Waals surface area contributed by atoms with Gasteiger partial charge in [-0.25, -0.2) is 0 Å². The van der Waals surface area contributed by atoms with E-state index < -0.39 is 0 Å². The Bertz CT molecular complexity index is 62.0. The summed E-state index contributed by atoms with van der Waals surface area (Å²) in [5, 5.41) is 0. The smallest absolute Gasteiger partial charge is 0.0225 e. The minimum atomic E-state index is 0.873. The molecule has 0 aromatic heterocycles. The molecule has 0 unspecified atom stereocenters. The van der Waals surface area contributed by atoms with Crippen molar-refractivity contribution >= 4 is 22.6 Å². The number of hydrogen-bond donors (Lipinski definition) is 2. The van der Waals surface area contributed by atoms with Gasteiger partial charge in [0.1, 0.15) is 0 Å². The van der Waals surface area contributed by atoms with Gasteiger partial charge in [0.15, 0.2) is 0 Å². The molecule has 0 radical (unpaired) electrons. The molecule has 0 rings (SSSR count). The van der Waals surface area contributed by atoms with E-state index in [0.29, 0.717) is 0 Å². The molecule has 0 aliphatic carbocycles. The van der Waals surface area contributed by atoms with Crippen molar-refractivity contribution in [2.75, 3.05) is 31.1 Å². The molecule has 0 bridgehead atoms. The van der Waals surface area contributed by atoms with Crippen LogP contribution in [-0.4, -0.2) is 36.0 Å². The summed E-state index contributed by atoms with van der Waals surface area (Å²) >= 11 is 2.39. The lowest BCUT2D eigenvalue weighted by molar-refractivity contribution is 0.335. The fourth-order valence-corrected chi connectivity index (χ4v) is 1.04. The second-order valence-electron chi connectivity index (χ2n) is 2.30. The highest BCUT2D eigenvalue weighted by atomic mass is 127. The highest BCUT2D eigenvalue weighted by molar-refractivity contribution is 14.1. The van der Waals surface area contributed by atoms with E-state index in [4.69, 9.17) is 5.84 Å². The quantitative estimate of drug-likeness (QED) is 0.309. The van der Waals surface area contributed by atoms with Crippen molar-refractivity contribution < 1.29 is 0 Å². The van der Waals surface area contributed by atoms with Gasteiger partial charge >= 0.3 is 0 Å². The molecule has 0 amide bonds. The van der Waals surface area contributed by atoms with Crippen molar-refractivity contribution in [2.45, 2.75) is 6.42 Å². The predicted molar refractivity (Wildman–Crippen MR) is 53.2 cm³/mol. The first kappa shape index (κ1) is 10.6. The van der Waals surface area contributed by atoms with Crippen LogP contribution in [0.1, 0.15) is 6.42 Å². The second-order valence-corrected chi connectivity index (χ2v) is 3.38. The van der Waals surface area contributed by atoms with Crippen LogP contribution in [0.4, 0.5) is 0 Å². The molecule has 4 heteroatoms. The third kappa shape index (κ3) is 6.73. The average Bonchev–Trinajstić information content (AvgIpc) is 1.97. The second kappa shape index (κ2) is 7.71. The molecular formula is C6H16IN3. The first-order valence-electron chi connectivity index (χ1n) is 3.49. The predicted octanol–water partition coefficient (Wildman–Crippen LogP) is 0.207. The van der Waals surface area contributed by atoms with Crippen LogP contribution < -0.4 is 11.3 Å². The van der Waals surface area contributed by atoms with Crippen LogP contribution in [0.3, 0.4) is 0 Å². The summed E-state index contributed by atoms with van der Waals surface area (Å²) in [6.45, 7) is 3.08. The highest BCUT2D eigenvalue weighted by Crippen LogP contribution is 1.90. The molecule has 0 aromatic rings. The molecular weight excluding hydrogens is 241 g/mol. The number of nitrogens with one attached hydrogen (secondary N) is 1. The van der Waals surface area contributed by atoms with Gasteiger partial charge in [-0.1, -0.05) is 22.6 Å². The van der Waals surface area contributed by atoms with E-state index in [1.54, 1.807) is 0 Å². The fraction of sp³-hybridized carbons (Fsp3) is 1.00. The van der Waals surface area contributed by atoms with E-state index >= 15 is 0 Å². The molecule has 3 N–H and O–H groups in total. The molecule has 10 heavy (non-hydrogen) atoms. The van der Waals surface area contributed by atoms with Gasteiger partial charge in [-0.2, -0.15) is 0 Å². The Labute approximate surface area is 76.4 Å². The van der Waals surface area contributed by atoms with Gasteiger partial charge in [0.2, 0.25) is 0 Å². The maximum absolute atomic E-state index is 5.13. The largest absolute Gasteiger partial charge is 0.305 e. The normalized spacial score (nSPS) is 10.8. The molecule has 0 aliphatic rings. The Morgan fingerprint density at radius 3 is 2.70 bits per heavy atom. The molecule has 0 spiro atoms.